The molecule has 2 fully saturated rings. The molecule has 1 aliphatic carbocycles. The summed E-state index contributed by atoms with van der Waals surface area (Å²) >= 11 is 1.65. The van der Waals surface area contributed by atoms with Crippen molar-refractivity contribution in [1.82, 2.24) is 15.2 Å². The molecular formula is C17H27N3O2S. The maximum absolute atomic E-state index is 12.3. The molecule has 1 saturated heterocycles. The minimum absolute atomic E-state index is 0.339. The summed E-state index contributed by atoms with van der Waals surface area (Å²) in [6.45, 7) is 5.43. The van der Waals surface area contributed by atoms with Crippen LogP contribution in [0.4, 0.5) is 0 Å². The zero-order valence-electron chi connectivity index (χ0n) is 14.1. The fourth-order valence-corrected chi connectivity index (χ4v) is 4.12. The molecule has 5 nitrogen and oxygen atoms in total. The highest BCUT2D eigenvalue weighted by atomic mass is 32.1. The Morgan fingerprint density at radius 3 is 3.00 bits per heavy atom. The Morgan fingerprint density at radius 2 is 2.30 bits per heavy atom. The third-order valence-electron chi connectivity index (χ3n) is 4.91. The number of carbonyl (C=O) groups is 1. The van der Waals surface area contributed by atoms with E-state index in [0.29, 0.717) is 30.4 Å². The van der Waals surface area contributed by atoms with E-state index in [1.54, 1.807) is 18.4 Å². The maximum atomic E-state index is 12.3. The van der Waals surface area contributed by atoms with Crippen LogP contribution in [0.2, 0.25) is 0 Å². The van der Waals surface area contributed by atoms with E-state index in [0.717, 1.165) is 56.0 Å². The van der Waals surface area contributed by atoms with Crippen molar-refractivity contribution in [3.63, 3.8) is 0 Å². The van der Waals surface area contributed by atoms with Crippen LogP contribution >= 0.6 is 11.3 Å². The van der Waals surface area contributed by atoms with Crippen molar-refractivity contribution < 1.29 is 9.53 Å². The highest BCUT2D eigenvalue weighted by molar-refractivity contribution is 7.09. The van der Waals surface area contributed by atoms with E-state index in [4.69, 9.17) is 4.74 Å². The van der Waals surface area contributed by atoms with Crippen LogP contribution in [-0.4, -0.2) is 42.0 Å². The SMILES string of the molecule is CC[C@@H]1CN(C(=O)C2CC2)CC[C@H]1NCc1csc(COC)n1. The molecule has 1 aliphatic heterocycles. The Kier molecular flexibility index (Phi) is 5.67. The van der Waals surface area contributed by atoms with Gasteiger partial charge in [-0.2, -0.15) is 0 Å². The number of nitrogens with one attached hydrogen (secondary N) is 1. The number of aromatic nitrogens is 1. The van der Waals surface area contributed by atoms with Gasteiger partial charge in [-0.15, -0.1) is 11.3 Å². The number of thiazole rings is 1. The number of amides is 1. The van der Waals surface area contributed by atoms with Crippen LogP contribution in [0.5, 0.6) is 0 Å². The van der Waals surface area contributed by atoms with E-state index >= 15 is 0 Å². The summed E-state index contributed by atoms with van der Waals surface area (Å²) < 4.78 is 5.12. The molecule has 2 heterocycles. The van der Waals surface area contributed by atoms with Crippen LogP contribution in [0, 0.1) is 11.8 Å². The second-order valence-electron chi connectivity index (χ2n) is 6.67. The molecule has 0 unspecified atom stereocenters. The summed E-state index contributed by atoms with van der Waals surface area (Å²) in [5, 5.41) is 6.80. The molecule has 128 valence electrons. The van der Waals surface area contributed by atoms with Crippen molar-refractivity contribution in [1.29, 1.82) is 0 Å². The number of methoxy groups -OCH3 is 1. The summed E-state index contributed by atoms with van der Waals surface area (Å²) in [6, 6.07) is 0.482. The first-order valence-electron chi connectivity index (χ1n) is 8.65. The summed E-state index contributed by atoms with van der Waals surface area (Å²) in [4.78, 5) is 18.9. The summed E-state index contributed by atoms with van der Waals surface area (Å²) in [5.41, 5.74) is 1.09. The minimum atomic E-state index is 0.339. The summed E-state index contributed by atoms with van der Waals surface area (Å²) in [7, 11) is 1.70. The molecule has 1 N–H and O–H groups in total. The number of nitrogens with zero attached hydrogens (tertiary/aromatic N) is 2. The van der Waals surface area contributed by atoms with Crippen LogP contribution in [0.15, 0.2) is 5.38 Å². The lowest BCUT2D eigenvalue weighted by molar-refractivity contribution is -0.134. The van der Waals surface area contributed by atoms with E-state index in [2.05, 4.69) is 27.5 Å². The molecule has 0 bridgehead atoms. The molecule has 1 saturated carbocycles. The van der Waals surface area contributed by atoms with E-state index in [1.807, 2.05) is 0 Å². The summed E-state index contributed by atoms with van der Waals surface area (Å²) in [6.07, 6.45) is 4.35. The first-order valence-corrected chi connectivity index (χ1v) is 9.53. The van der Waals surface area contributed by atoms with Crippen molar-refractivity contribution in [2.75, 3.05) is 20.2 Å². The highest BCUT2D eigenvalue weighted by Gasteiger charge is 2.37. The topological polar surface area (TPSA) is 54.5 Å². The molecule has 6 heteroatoms. The van der Waals surface area contributed by atoms with Gasteiger partial charge in [0.15, 0.2) is 0 Å². The second kappa shape index (κ2) is 7.73. The zero-order chi connectivity index (χ0) is 16.2. The first-order chi connectivity index (χ1) is 11.2. The number of ether oxygens (including phenoxy) is 1. The Hall–Kier alpha value is -0.980. The number of piperidine rings is 1. The van der Waals surface area contributed by atoms with Crippen molar-refractivity contribution in [3.8, 4) is 0 Å². The van der Waals surface area contributed by atoms with Gasteiger partial charge in [-0.05, 0) is 25.2 Å². The average molecular weight is 337 g/mol. The molecule has 3 rings (SSSR count). The normalized spacial score (nSPS) is 24.9. The second-order valence-corrected chi connectivity index (χ2v) is 7.61. The smallest absolute Gasteiger partial charge is 0.225 e. The first kappa shape index (κ1) is 16.9. The predicted octanol–water partition coefficient (Wildman–Crippen LogP) is 2.42. The largest absolute Gasteiger partial charge is 0.378 e. The van der Waals surface area contributed by atoms with E-state index < -0.39 is 0 Å². The van der Waals surface area contributed by atoms with Gasteiger partial charge < -0.3 is 15.0 Å². The Labute approximate surface area is 142 Å². The van der Waals surface area contributed by atoms with Crippen LogP contribution < -0.4 is 5.32 Å². The highest BCUT2D eigenvalue weighted by Crippen LogP contribution is 2.33. The Bertz CT molecular complexity index is 530. The predicted molar refractivity (Wildman–Crippen MR) is 91.2 cm³/mol. The number of hydrogen-bond donors (Lipinski definition) is 1. The number of carbonyl (C=O) groups excluding carboxylic acids is 1. The van der Waals surface area contributed by atoms with E-state index in [9.17, 15) is 4.79 Å². The number of rotatable bonds is 7. The van der Waals surface area contributed by atoms with Crippen molar-refractivity contribution >= 4 is 17.2 Å². The molecule has 1 amide bonds. The Morgan fingerprint density at radius 1 is 1.48 bits per heavy atom. The van der Waals surface area contributed by atoms with E-state index in [1.165, 1.54) is 0 Å². The van der Waals surface area contributed by atoms with Crippen LogP contribution in [-0.2, 0) is 22.7 Å². The lowest BCUT2D eigenvalue weighted by Crippen LogP contribution is -2.51. The number of hydrogen-bond acceptors (Lipinski definition) is 5. The quantitative estimate of drug-likeness (QED) is 0.830. The molecule has 0 radical (unpaired) electrons. The molecule has 1 aromatic heterocycles. The van der Waals surface area contributed by atoms with E-state index in [-0.39, 0.29) is 0 Å². The zero-order valence-corrected chi connectivity index (χ0v) is 14.9. The van der Waals surface area contributed by atoms with Gasteiger partial charge in [-0.1, -0.05) is 13.3 Å². The molecule has 23 heavy (non-hydrogen) atoms. The van der Waals surface area contributed by atoms with Gasteiger partial charge in [-0.3, -0.25) is 4.79 Å². The fraction of sp³-hybridized carbons (Fsp3) is 0.765. The third-order valence-corrected chi connectivity index (χ3v) is 5.78. The lowest BCUT2D eigenvalue weighted by atomic mass is 9.89. The van der Waals surface area contributed by atoms with Gasteiger partial charge in [0.05, 0.1) is 12.3 Å². The van der Waals surface area contributed by atoms with Gasteiger partial charge in [0.1, 0.15) is 5.01 Å². The molecule has 0 spiro atoms. The maximum Gasteiger partial charge on any atom is 0.225 e. The summed E-state index contributed by atoms with van der Waals surface area (Å²) in [5.74, 6) is 1.28. The van der Waals surface area contributed by atoms with Gasteiger partial charge >= 0.3 is 0 Å². The van der Waals surface area contributed by atoms with Crippen molar-refractivity contribution in [2.45, 2.75) is 51.8 Å². The van der Waals surface area contributed by atoms with Gasteiger partial charge in [0.25, 0.3) is 0 Å². The van der Waals surface area contributed by atoms with Gasteiger partial charge in [-0.25, -0.2) is 4.98 Å². The lowest BCUT2D eigenvalue weighted by Gasteiger charge is -2.39. The van der Waals surface area contributed by atoms with Crippen LogP contribution in [0.1, 0.15) is 43.3 Å². The van der Waals surface area contributed by atoms with Gasteiger partial charge in [0, 0.05) is 44.1 Å². The average Bonchev–Trinajstić information content (AvgIpc) is 3.33. The molecule has 0 aromatic carbocycles. The molecule has 2 atom stereocenters. The third kappa shape index (κ3) is 4.31. The van der Waals surface area contributed by atoms with Crippen LogP contribution in [0.25, 0.3) is 0 Å². The molecule has 2 aliphatic rings. The molecule has 1 aromatic rings. The number of likely N-dealkylation sites (tertiary alicyclic amines) is 1. The van der Waals surface area contributed by atoms with Crippen LogP contribution in [0.3, 0.4) is 0 Å². The van der Waals surface area contributed by atoms with Gasteiger partial charge in [0.2, 0.25) is 5.91 Å². The minimum Gasteiger partial charge on any atom is -0.378 e. The van der Waals surface area contributed by atoms with Crippen molar-refractivity contribution in [3.05, 3.63) is 16.1 Å². The molecular weight excluding hydrogens is 310 g/mol. The standard InChI is InChI=1S/C17H27N3O2S/c1-3-12-9-20(17(21)13-4-5-13)7-6-15(12)18-8-14-11-23-16(19-14)10-22-2/h11-13,15,18H,3-10H2,1-2H3/t12-,15-/m1/s1. The fourth-order valence-electron chi connectivity index (χ4n) is 3.36. The monoisotopic (exact) mass is 337 g/mol. The van der Waals surface area contributed by atoms with Crippen molar-refractivity contribution in [2.24, 2.45) is 11.8 Å². The Balaban J connectivity index is 1.50.